The first-order valence-corrected chi connectivity index (χ1v) is 3.97. The van der Waals surface area contributed by atoms with Gasteiger partial charge in [0.2, 0.25) is 6.10 Å². The summed E-state index contributed by atoms with van der Waals surface area (Å²) in [5.74, 6) is -2.44. The number of carbonyl (C=O) groups excluding carboxylic acids is 2. The molecule has 0 aromatic heterocycles. The van der Waals surface area contributed by atoms with Gasteiger partial charge in [0.25, 0.3) is 0 Å². The second kappa shape index (κ2) is 5.95. The zero-order chi connectivity index (χ0) is 11.1. The molecule has 6 heteroatoms. The van der Waals surface area contributed by atoms with E-state index in [0.29, 0.717) is 0 Å². The van der Waals surface area contributed by atoms with E-state index in [1.807, 2.05) is 0 Å². The van der Waals surface area contributed by atoms with E-state index in [1.165, 1.54) is 6.92 Å². The van der Waals surface area contributed by atoms with Crippen molar-refractivity contribution in [3.05, 3.63) is 0 Å². The Morgan fingerprint density at radius 2 is 1.79 bits per heavy atom. The van der Waals surface area contributed by atoms with Crippen molar-refractivity contribution in [1.82, 2.24) is 0 Å². The van der Waals surface area contributed by atoms with Crippen LogP contribution >= 0.6 is 0 Å². The lowest BCUT2D eigenvalue weighted by atomic mass is 10.2. The van der Waals surface area contributed by atoms with Gasteiger partial charge in [-0.3, -0.25) is 9.59 Å². The maximum Gasteiger partial charge on any atom is 0.345 e. The second-order valence-electron chi connectivity index (χ2n) is 2.57. The van der Waals surface area contributed by atoms with Crippen molar-refractivity contribution in [3.8, 4) is 0 Å². The molecular weight excluding hydrogens is 192 g/mol. The Kier molecular flexibility index (Phi) is 5.28. The van der Waals surface area contributed by atoms with Crippen molar-refractivity contribution in [2.75, 3.05) is 6.61 Å². The van der Waals surface area contributed by atoms with Gasteiger partial charge in [-0.1, -0.05) is 0 Å². The Labute approximate surface area is 80.8 Å². The molecule has 0 heterocycles. The van der Waals surface area contributed by atoms with E-state index in [-0.39, 0.29) is 13.0 Å². The van der Waals surface area contributed by atoms with Crippen LogP contribution in [0, 0.1) is 0 Å². The average Bonchev–Trinajstić information content (AvgIpc) is 2.00. The van der Waals surface area contributed by atoms with E-state index in [2.05, 4.69) is 9.47 Å². The fraction of sp³-hybridized carbons (Fsp3) is 0.625. The first-order chi connectivity index (χ1) is 6.43. The first kappa shape index (κ1) is 12.4. The van der Waals surface area contributed by atoms with Crippen LogP contribution in [0.5, 0.6) is 0 Å². The van der Waals surface area contributed by atoms with Crippen LogP contribution in [0.2, 0.25) is 0 Å². The fourth-order valence-corrected chi connectivity index (χ4v) is 0.743. The third kappa shape index (κ3) is 5.99. The molecule has 0 aromatic carbocycles. The van der Waals surface area contributed by atoms with Crippen LogP contribution in [0.4, 0.5) is 0 Å². The molecule has 0 amide bonds. The maximum atomic E-state index is 10.5. The molecule has 6 nitrogen and oxygen atoms in total. The number of rotatable bonds is 5. The predicted octanol–water partition coefficient (Wildman–Crippen LogP) is -0.0441. The molecule has 0 saturated heterocycles. The highest BCUT2D eigenvalue weighted by Crippen LogP contribution is 2.00. The summed E-state index contributed by atoms with van der Waals surface area (Å²) in [5, 5.41) is 8.57. The van der Waals surface area contributed by atoms with Gasteiger partial charge in [-0.15, -0.1) is 0 Å². The quantitative estimate of drug-likeness (QED) is 0.632. The second-order valence-corrected chi connectivity index (χ2v) is 2.57. The van der Waals surface area contributed by atoms with E-state index in [9.17, 15) is 14.4 Å². The van der Waals surface area contributed by atoms with Gasteiger partial charge in [0, 0.05) is 20.3 Å². The van der Waals surface area contributed by atoms with Crippen LogP contribution in [0.1, 0.15) is 20.3 Å². The number of hydrogen-bond acceptors (Lipinski definition) is 5. The molecule has 0 fully saturated rings. The van der Waals surface area contributed by atoms with E-state index >= 15 is 0 Å². The molecule has 1 N–H and O–H groups in total. The lowest BCUT2D eigenvalue weighted by molar-refractivity contribution is -0.164. The molecule has 0 rings (SSSR count). The molecule has 1 unspecified atom stereocenters. The number of carboxylic acids is 1. The summed E-state index contributed by atoms with van der Waals surface area (Å²) in [5.41, 5.74) is 0. The molecule has 0 spiro atoms. The van der Waals surface area contributed by atoms with E-state index < -0.39 is 24.0 Å². The van der Waals surface area contributed by atoms with E-state index in [1.54, 1.807) is 0 Å². The lowest BCUT2D eigenvalue weighted by Gasteiger charge is -2.11. The van der Waals surface area contributed by atoms with Crippen molar-refractivity contribution in [1.29, 1.82) is 0 Å². The third-order valence-electron chi connectivity index (χ3n) is 1.27. The molecule has 0 aliphatic heterocycles. The van der Waals surface area contributed by atoms with Crippen LogP contribution < -0.4 is 0 Å². The zero-order valence-corrected chi connectivity index (χ0v) is 7.98. The van der Waals surface area contributed by atoms with E-state index in [0.717, 1.165) is 6.92 Å². The Balaban J connectivity index is 3.91. The van der Waals surface area contributed by atoms with Gasteiger partial charge >= 0.3 is 17.9 Å². The van der Waals surface area contributed by atoms with Crippen LogP contribution in [-0.2, 0) is 23.9 Å². The van der Waals surface area contributed by atoms with Gasteiger partial charge in [-0.25, -0.2) is 4.79 Å². The SMILES string of the molecule is CC(=O)OCCC(OC(C)=O)C(=O)O. The summed E-state index contributed by atoms with van der Waals surface area (Å²) >= 11 is 0. The number of ether oxygens (including phenoxy) is 2. The topological polar surface area (TPSA) is 89.9 Å². The van der Waals surface area contributed by atoms with Crippen LogP contribution in [0.25, 0.3) is 0 Å². The molecule has 0 aliphatic carbocycles. The number of hydrogen-bond donors (Lipinski definition) is 1. The van der Waals surface area contributed by atoms with Gasteiger partial charge in [-0.05, 0) is 0 Å². The number of carboxylic acid groups (broad SMARTS) is 1. The molecule has 0 saturated carbocycles. The molecule has 0 radical (unpaired) electrons. The Hall–Kier alpha value is -1.59. The summed E-state index contributed by atoms with van der Waals surface area (Å²) < 4.78 is 8.97. The minimum Gasteiger partial charge on any atom is -0.479 e. The number of carbonyl (C=O) groups is 3. The minimum absolute atomic E-state index is 0.0471. The normalized spacial score (nSPS) is 11.6. The van der Waals surface area contributed by atoms with Crippen LogP contribution in [0.3, 0.4) is 0 Å². The van der Waals surface area contributed by atoms with Gasteiger partial charge in [0.15, 0.2) is 0 Å². The molecule has 0 aliphatic rings. The number of aliphatic carboxylic acids is 1. The summed E-state index contributed by atoms with van der Waals surface area (Å²) in [6.07, 6.45) is -1.30. The largest absolute Gasteiger partial charge is 0.479 e. The van der Waals surface area contributed by atoms with Gasteiger partial charge < -0.3 is 14.6 Å². The highest BCUT2D eigenvalue weighted by atomic mass is 16.6. The molecule has 14 heavy (non-hydrogen) atoms. The van der Waals surface area contributed by atoms with Gasteiger partial charge in [0.05, 0.1) is 6.61 Å². The van der Waals surface area contributed by atoms with Crippen molar-refractivity contribution in [3.63, 3.8) is 0 Å². The predicted molar refractivity (Wildman–Crippen MR) is 44.4 cm³/mol. The minimum atomic E-state index is -1.26. The Morgan fingerprint density at radius 1 is 1.21 bits per heavy atom. The van der Waals surface area contributed by atoms with Crippen molar-refractivity contribution >= 4 is 17.9 Å². The molecular formula is C8H12O6. The molecule has 0 bridgehead atoms. The number of esters is 2. The maximum absolute atomic E-state index is 10.5. The summed E-state index contributed by atoms with van der Waals surface area (Å²) in [6, 6.07) is 0. The van der Waals surface area contributed by atoms with Crippen LogP contribution in [-0.4, -0.2) is 35.7 Å². The Morgan fingerprint density at radius 3 is 2.14 bits per heavy atom. The third-order valence-corrected chi connectivity index (χ3v) is 1.27. The first-order valence-electron chi connectivity index (χ1n) is 3.97. The fourth-order valence-electron chi connectivity index (χ4n) is 0.743. The van der Waals surface area contributed by atoms with Gasteiger partial charge in [0.1, 0.15) is 0 Å². The highest BCUT2D eigenvalue weighted by Gasteiger charge is 2.20. The molecule has 80 valence electrons. The van der Waals surface area contributed by atoms with Crippen molar-refractivity contribution in [2.24, 2.45) is 0 Å². The van der Waals surface area contributed by atoms with Crippen LogP contribution in [0.15, 0.2) is 0 Å². The van der Waals surface area contributed by atoms with E-state index in [4.69, 9.17) is 5.11 Å². The highest BCUT2D eigenvalue weighted by molar-refractivity contribution is 5.76. The summed E-state index contributed by atoms with van der Waals surface area (Å²) in [7, 11) is 0. The zero-order valence-electron chi connectivity index (χ0n) is 7.98. The lowest BCUT2D eigenvalue weighted by Crippen LogP contribution is -2.27. The van der Waals surface area contributed by atoms with Crippen molar-refractivity contribution < 1.29 is 29.0 Å². The van der Waals surface area contributed by atoms with Crippen molar-refractivity contribution in [2.45, 2.75) is 26.4 Å². The monoisotopic (exact) mass is 204 g/mol. The smallest absolute Gasteiger partial charge is 0.345 e. The molecule has 1 atom stereocenters. The molecule has 0 aromatic rings. The summed E-state index contributed by atoms with van der Waals surface area (Å²) in [4.78, 5) is 31.3. The summed E-state index contributed by atoms with van der Waals surface area (Å²) in [6.45, 7) is 2.24. The standard InChI is InChI=1S/C8H12O6/c1-5(9)13-4-3-7(8(11)12)14-6(2)10/h7H,3-4H2,1-2H3,(H,11,12). The van der Waals surface area contributed by atoms with Gasteiger partial charge in [-0.2, -0.15) is 0 Å². The Bertz CT molecular complexity index is 234. The average molecular weight is 204 g/mol.